The van der Waals surface area contributed by atoms with Crippen LogP contribution in [-0.4, -0.2) is 58.3 Å². The van der Waals surface area contributed by atoms with E-state index < -0.39 is 10.1 Å². The monoisotopic (exact) mass is 526 g/mol. The van der Waals surface area contributed by atoms with Crippen LogP contribution in [0.25, 0.3) is 6.08 Å². The van der Waals surface area contributed by atoms with Crippen LogP contribution >= 0.6 is 0 Å². The van der Waals surface area contributed by atoms with Gasteiger partial charge in [-0.2, -0.15) is 8.42 Å². The third kappa shape index (κ3) is 8.61. The molecule has 0 radical (unpaired) electrons. The fourth-order valence-electron chi connectivity index (χ4n) is 5.33. The van der Waals surface area contributed by atoms with Crippen molar-refractivity contribution < 1.29 is 22.1 Å². The number of carbonyl (C=O) groups excluding carboxylic acids is 1. The van der Waals surface area contributed by atoms with Crippen molar-refractivity contribution in [2.75, 3.05) is 33.0 Å². The molecule has 4 rings (SSSR count). The summed E-state index contributed by atoms with van der Waals surface area (Å²) in [6.07, 6.45) is 11.9. The Bertz CT molecular complexity index is 1200. The molecule has 0 atom stereocenters. The van der Waals surface area contributed by atoms with Gasteiger partial charge in [0.2, 0.25) is 5.91 Å². The summed E-state index contributed by atoms with van der Waals surface area (Å²) in [6, 6.07) is 13.5. The number of nitrogens with zero attached hydrogens (tertiary/aromatic N) is 1. The van der Waals surface area contributed by atoms with Crippen LogP contribution in [0.1, 0.15) is 48.8 Å². The highest BCUT2D eigenvalue weighted by Crippen LogP contribution is 2.28. The number of methoxy groups -OCH3 is 1. The number of hydrogen-bond donors (Lipinski definition) is 1. The summed E-state index contributed by atoms with van der Waals surface area (Å²) in [5.74, 6) is 1.83. The molecule has 2 aromatic rings. The zero-order valence-corrected chi connectivity index (χ0v) is 22.6. The molecule has 1 aliphatic carbocycles. The summed E-state index contributed by atoms with van der Waals surface area (Å²) in [6.45, 7) is 3.07. The summed E-state index contributed by atoms with van der Waals surface area (Å²) in [5.41, 5.74) is 3.40. The molecule has 1 fully saturated rings. The van der Waals surface area contributed by atoms with E-state index in [2.05, 4.69) is 10.2 Å². The van der Waals surface area contributed by atoms with E-state index >= 15 is 0 Å². The molecule has 2 aliphatic rings. The zero-order chi connectivity index (χ0) is 26.3. The highest BCUT2D eigenvalue weighted by atomic mass is 32.2. The van der Waals surface area contributed by atoms with E-state index in [0.29, 0.717) is 11.7 Å². The third-order valence-electron chi connectivity index (χ3n) is 7.39. The van der Waals surface area contributed by atoms with Gasteiger partial charge in [0.25, 0.3) is 0 Å². The Morgan fingerprint density at radius 1 is 1.03 bits per heavy atom. The first-order chi connectivity index (χ1) is 17.8. The fraction of sp³-hybridized carbons (Fsp3) is 0.483. The van der Waals surface area contributed by atoms with Gasteiger partial charge < -0.3 is 19.1 Å². The van der Waals surface area contributed by atoms with Gasteiger partial charge in [-0.25, -0.2) is 0 Å². The standard InChI is InChI=1S/C29H38N2O5S/c1-35-27-5-3-4-23(20-27)8-13-29(32)30-26-10-6-22(7-11-26)14-17-31-18-15-24-9-12-28(36-37(2,33)34)21-25(24)16-19-31/h3-5,8-9,12-13,20-22,26H,6-7,10-11,14-19H2,1-2H3,(H,30,32)/b13-8+. The van der Waals surface area contributed by atoms with Crippen LogP contribution in [0, 0.1) is 5.92 Å². The van der Waals surface area contributed by atoms with E-state index in [-0.39, 0.29) is 11.9 Å². The van der Waals surface area contributed by atoms with Crippen LogP contribution in [-0.2, 0) is 27.8 Å². The second kappa shape index (κ2) is 12.6. The van der Waals surface area contributed by atoms with Gasteiger partial charge in [0.05, 0.1) is 13.4 Å². The Kier molecular flexibility index (Phi) is 9.27. The van der Waals surface area contributed by atoms with E-state index in [1.807, 2.05) is 42.5 Å². The molecule has 0 bridgehead atoms. The highest BCUT2D eigenvalue weighted by molar-refractivity contribution is 7.86. The van der Waals surface area contributed by atoms with Gasteiger partial charge >= 0.3 is 10.1 Å². The fourth-order valence-corrected chi connectivity index (χ4v) is 5.78. The summed E-state index contributed by atoms with van der Waals surface area (Å²) in [5, 5.41) is 3.17. The minimum absolute atomic E-state index is 0.0412. The predicted molar refractivity (Wildman–Crippen MR) is 146 cm³/mol. The second-order valence-corrected chi connectivity index (χ2v) is 11.8. The average Bonchev–Trinajstić information content (AvgIpc) is 3.08. The summed E-state index contributed by atoms with van der Waals surface area (Å²) >= 11 is 0. The average molecular weight is 527 g/mol. The van der Waals surface area contributed by atoms with Crippen molar-refractivity contribution in [1.29, 1.82) is 0 Å². The number of ether oxygens (including phenoxy) is 1. The van der Waals surface area contributed by atoms with Crippen LogP contribution < -0.4 is 14.2 Å². The molecule has 1 heterocycles. The Morgan fingerprint density at radius 3 is 2.51 bits per heavy atom. The molecule has 200 valence electrons. The zero-order valence-electron chi connectivity index (χ0n) is 21.8. The third-order valence-corrected chi connectivity index (χ3v) is 7.88. The van der Waals surface area contributed by atoms with Gasteiger partial charge in [-0.3, -0.25) is 4.79 Å². The molecule has 2 aromatic carbocycles. The van der Waals surface area contributed by atoms with Crippen LogP contribution in [0.3, 0.4) is 0 Å². The summed E-state index contributed by atoms with van der Waals surface area (Å²) in [7, 11) is -1.88. The maximum atomic E-state index is 12.4. The molecule has 0 unspecified atom stereocenters. The van der Waals surface area contributed by atoms with E-state index in [4.69, 9.17) is 8.92 Å². The molecule has 0 spiro atoms. The number of carbonyl (C=O) groups is 1. The molecule has 1 aliphatic heterocycles. The minimum Gasteiger partial charge on any atom is -0.497 e. The Labute approximate surface area is 221 Å². The lowest BCUT2D eigenvalue weighted by atomic mass is 9.84. The van der Waals surface area contributed by atoms with Crippen LogP contribution in [0.4, 0.5) is 0 Å². The van der Waals surface area contributed by atoms with Crippen LogP contribution in [0.15, 0.2) is 48.5 Å². The van der Waals surface area contributed by atoms with Gasteiger partial charge in [0.15, 0.2) is 0 Å². The normalized spacial score (nSPS) is 20.7. The smallest absolute Gasteiger partial charge is 0.306 e. The van der Waals surface area contributed by atoms with Gasteiger partial charge in [0.1, 0.15) is 11.5 Å². The maximum absolute atomic E-state index is 12.4. The molecule has 8 heteroatoms. The van der Waals surface area contributed by atoms with E-state index in [1.165, 1.54) is 17.5 Å². The van der Waals surface area contributed by atoms with E-state index in [9.17, 15) is 13.2 Å². The number of fused-ring (bicyclic) bond motifs is 1. The first kappa shape index (κ1) is 27.2. The largest absolute Gasteiger partial charge is 0.497 e. The molecule has 1 N–H and O–H groups in total. The Balaban J connectivity index is 1.17. The van der Waals surface area contributed by atoms with E-state index in [0.717, 1.165) is 75.7 Å². The summed E-state index contributed by atoms with van der Waals surface area (Å²) in [4.78, 5) is 14.9. The first-order valence-electron chi connectivity index (χ1n) is 13.1. The maximum Gasteiger partial charge on any atom is 0.306 e. The van der Waals surface area contributed by atoms with Crippen molar-refractivity contribution in [3.63, 3.8) is 0 Å². The molecule has 0 saturated heterocycles. The SMILES string of the molecule is COc1cccc(/C=C/C(=O)NC2CCC(CCN3CCc4ccc(OS(C)(=O)=O)cc4CC3)CC2)c1. The van der Waals surface area contributed by atoms with E-state index in [1.54, 1.807) is 19.3 Å². The van der Waals surface area contributed by atoms with Gasteiger partial charge in [0, 0.05) is 25.2 Å². The topological polar surface area (TPSA) is 84.9 Å². The van der Waals surface area contributed by atoms with Gasteiger partial charge in [-0.05, 0) is 104 Å². The Hall–Kier alpha value is -2.84. The molecular weight excluding hydrogens is 488 g/mol. The number of amides is 1. The number of hydrogen-bond acceptors (Lipinski definition) is 6. The van der Waals surface area contributed by atoms with Crippen molar-refractivity contribution in [2.45, 2.75) is 51.0 Å². The Morgan fingerprint density at radius 2 is 1.78 bits per heavy atom. The first-order valence-corrected chi connectivity index (χ1v) is 15.0. The number of benzene rings is 2. The van der Waals surface area contributed by atoms with Crippen molar-refractivity contribution in [3.05, 3.63) is 65.2 Å². The van der Waals surface area contributed by atoms with Gasteiger partial charge in [-0.1, -0.05) is 18.2 Å². The number of rotatable bonds is 9. The molecule has 7 nitrogen and oxygen atoms in total. The van der Waals surface area contributed by atoms with Gasteiger partial charge in [-0.15, -0.1) is 0 Å². The van der Waals surface area contributed by atoms with Crippen molar-refractivity contribution in [2.24, 2.45) is 5.92 Å². The quantitative estimate of drug-likeness (QED) is 0.389. The predicted octanol–water partition coefficient (Wildman–Crippen LogP) is 4.21. The molecule has 37 heavy (non-hydrogen) atoms. The lowest BCUT2D eigenvalue weighted by molar-refractivity contribution is -0.117. The molecule has 0 aromatic heterocycles. The van der Waals surface area contributed by atoms with Crippen LogP contribution in [0.5, 0.6) is 11.5 Å². The molecule has 1 saturated carbocycles. The van der Waals surface area contributed by atoms with Crippen LogP contribution in [0.2, 0.25) is 0 Å². The minimum atomic E-state index is -3.51. The van der Waals surface area contributed by atoms with Crippen molar-refractivity contribution >= 4 is 22.1 Å². The molecule has 1 amide bonds. The summed E-state index contributed by atoms with van der Waals surface area (Å²) < 4.78 is 33.2. The second-order valence-electron chi connectivity index (χ2n) is 10.2. The van der Waals surface area contributed by atoms with Crippen molar-refractivity contribution in [3.8, 4) is 11.5 Å². The lowest BCUT2D eigenvalue weighted by Gasteiger charge is -2.30. The van der Waals surface area contributed by atoms with Crippen molar-refractivity contribution in [1.82, 2.24) is 10.2 Å². The highest BCUT2D eigenvalue weighted by Gasteiger charge is 2.23. The lowest BCUT2D eigenvalue weighted by Crippen LogP contribution is -2.37. The molecular formula is C29H38N2O5S. The number of nitrogens with one attached hydrogen (secondary N) is 1.